The van der Waals surface area contributed by atoms with Crippen LogP contribution in [0.15, 0.2) is 12.1 Å². The highest BCUT2D eigenvalue weighted by atomic mass is 16.3. The van der Waals surface area contributed by atoms with Crippen LogP contribution in [0.4, 0.5) is 0 Å². The summed E-state index contributed by atoms with van der Waals surface area (Å²) in [7, 11) is 0. The lowest BCUT2D eigenvalue weighted by molar-refractivity contribution is 0.0695. The molecular weight excluding hydrogens is 260 g/mol. The zero-order valence-electron chi connectivity index (χ0n) is 14.4. The van der Waals surface area contributed by atoms with Crippen molar-refractivity contribution in [3.63, 3.8) is 0 Å². The van der Waals surface area contributed by atoms with E-state index in [2.05, 4.69) is 33.8 Å². The van der Waals surface area contributed by atoms with Crippen molar-refractivity contribution in [3.8, 4) is 0 Å². The topological polar surface area (TPSA) is 37.3 Å². The lowest BCUT2D eigenvalue weighted by atomic mass is 9.87. The Bertz CT molecular complexity index is 489. The van der Waals surface area contributed by atoms with Crippen molar-refractivity contribution in [2.45, 2.75) is 66.9 Å². The highest BCUT2D eigenvalue weighted by molar-refractivity contribution is 6.02. The predicted octanol–water partition coefficient (Wildman–Crippen LogP) is 4.48. The van der Waals surface area contributed by atoms with Crippen LogP contribution < -0.4 is 0 Å². The van der Waals surface area contributed by atoms with E-state index in [1.807, 2.05) is 19.9 Å². The van der Waals surface area contributed by atoms with E-state index in [0.29, 0.717) is 18.3 Å². The lowest BCUT2D eigenvalue weighted by Gasteiger charge is -2.19. The van der Waals surface area contributed by atoms with Crippen molar-refractivity contribution in [2.75, 3.05) is 0 Å². The molecule has 1 N–H and O–H groups in total. The second kappa shape index (κ2) is 7.74. The van der Waals surface area contributed by atoms with Crippen LogP contribution in [0, 0.1) is 25.7 Å². The van der Waals surface area contributed by atoms with Crippen molar-refractivity contribution >= 4 is 5.78 Å². The van der Waals surface area contributed by atoms with Gasteiger partial charge in [-0.05, 0) is 55.2 Å². The molecule has 2 unspecified atom stereocenters. The maximum atomic E-state index is 12.6. The van der Waals surface area contributed by atoms with Crippen LogP contribution in [0.1, 0.15) is 67.6 Å². The van der Waals surface area contributed by atoms with Crippen molar-refractivity contribution in [1.82, 2.24) is 0 Å². The highest BCUT2D eigenvalue weighted by Gasteiger charge is 2.23. The minimum absolute atomic E-state index is 0.115. The number of hydrogen-bond donors (Lipinski definition) is 1. The number of aliphatic hydroxyl groups excluding tert-OH is 1. The molecule has 0 fully saturated rings. The summed E-state index contributed by atoms with van der Waals surface area (Å²) in [6.45, 7) is 12.5. The van der Waals surface area contributed by atoms with Gasteiger partial charge in [0.1, 0.15) is 6.10 Å². The molecule has 1 rings (SSSR count). The predicted molar refractivity (Wildman–Crippen MR) is 88.9 cm³/mol. The molecule has 2 nitrogen and oxygen atoms in total. The van der Waals surface area contributed by atoms with Gasteiger partial charge < -0.3 is 5.11 Å². The van der Waals surface area contributed by atoms with Gasteiger partial charge in [0.2, 0.25) is 0 Å². The van der Waals surface area contributed by atoms with Crippen LogP contribution in [0.3, 0.4) is 0 Å². The first-order chi connectivity index (χ1) is 9.77. The normalized spacial score (nSPS) is 14.3. The first-order valence-electron chi connectivity index (χ1n) is 8.09. The molecule has 0 heterocycles. The number of benzene rings is 1. The van der Waals surface area contributed by atoms with Gasteiger partial charge in [0.15, 0.2) is 5.78 Å². The minimum Gasteiger partial charge on any atom is -0.385 e. The number of Topliss-reactive ketones (excluding diaryl/α,β-unsaturated/α-hetero) is 1. The van der Waals surface area contributed by atoms with E-state index in [4.69, 9.17) is 0 Å². The molecule has 1 aromatic carbocycles. The van der Waals surface area contributed by atoms with Crippen molar-refractivity contribution < 1.29 is 9.90 Å². The molecule has 118 valence electrons. The number of aliphatic hydroxyl groups is 1. The minimum atomic E-state index is -0.883. The fourth-order valence-corrected chi connectivity index (χ4v) is 2.75. The second-order valence-electron chi connectivity index (χ2n) is 6.77. The van der Waals surface area contributed by atoms with Crippen molar-refractivity contribution in [1.29, 1.82) is 0 Å². The second-order valence-corrected chi connectivity index (χ2v) is 6.77. The summed E-state index contributed by atoms with van der Waals surface area (Å²) in [5.74, 6) is 0.804. The zero-order valence-corrected chi connectivity index (χ0v) is 14.4. The number of aryl methyl sites for hydroxylation is 1. The SMILES string of the molecule is CCC(C)CC(O)C(=O)c1c(C)ccc(CC(C)C)c1C. The first-order valence-corrected chi connectivity index (χ1v) is 8.09. The summed E-state index contributed by atoms with van der Waals surface area (Å²) in [4.78, 5) is 12.6. The van der Waals surface area contributed by atoms with E-state index >= 15 is 0 Å². The number of carbonyl (C=O) groups is 1. The van der Waals surface area contributed by atoms with Crippen LogP contribution in [0.25, 0.3) is 0 Å². The monoisotopic (exact) mass is 290 g/mol. The average molecular weight is 290 g/mol. The third-order valence-electron chi connectivity index (χ3n) is 4.29. The van der Waals surface area contributed by atoms with Gasteiger partial charge in [-0.3, -0.25) is 4.79 Å². The molecule has 0 saturated carbocycles. The maximum absolute atomic E-state index is 12.6. The summed E-state index contributed by atoms with van der Waals surface area (Å²) in [6, 6.07) is 4.12. The zero-order chi connectivity index (χ0) is 16.2. The standard InChI is InChI=1S/C19H30O2/c1-7-13(4)11-17(20)19(21)18-14(5)8-9-16(15(18)6)10-12(2)3/h8-9,12-13,17,20H,7,10-11H2,1-6H3. The Hall–Kier alpha value is -1.15. The Morgan fingerprint density at radius 2 is 1.81 bits per heavy atom. The Labute approximate surface area is 129 Å². The van der Waals surface area contributed by atoms with E-state index in [1.54, 1.807) is 0 Å². The molecule has 0 aliphatic rings. The van der Waals surface area contributed by atoms with Gasteiger partial charge in [-0.2, -0.15) is 0 Å². The Morgan fingerprint density at radius 1 is 1.19 bits per heavy atom. The molecule has 0 spiro atoms. The fraction of sp³-hybridized carbons (Fsp3) is 0.632. The third-order valence-corrected chi connectivity index (χ3v) is 4.29. The highest BCUT2D eigenvalue weighted by Crippen LogP contribution is 2.24. The number of hydrogen-bond acceptors (Lipinski definition) is 2. The van der Waals surface area contributed by atoms with Gasteiger partial charge in [0.25, 0.3) is 0 Å². The van der Waals surface area contributed by atoms with Crippen molar-refractivity contribution in [3.05, 3.63) is 34.4 Å². The Balaban J connectivity index is 3.08. The summed E-state index contributed by atoms with van der Waals surface area (Å²) in [5, 5.41) is 10.2. The summed E-state index contributed by atoms with van der Waals surface area (Å²) >= 11 is 0. The smallest absolute Gasteiger partial charge is 0.191 e. The Morgan fingerprint density at radius 3 is 2.33 bits per heavy atom. The van der Waals surface area contributed by atoms with Crippen LogP contribution in [0.2, 0.25) is 0 Å². The molecule has 0 radical (unpaired) electrons. The maximum Gasteiger partial charge on any atom is 0.191 e. The van der Waals surface area contributed by atoms with Crippen LogP contribution in [0.5, 0.6) is 0 Å². The number of carbonyl (C=O) groups excluding carboxylic acids is 1. The van der Waals surface area contributed by atoms with E-state index in [-0.39, 0.29) is 5.78 Å². The van der Waals surface area contributed by atoms with Gasteiger partial charge in [0, 0.05) is 5.56 Å². The van der Waals surface area contributed by atoms with E-state index in [9.17, 15) is 9.90 Å². The molecule has 1 aromatic rings. The quantitative estimate of drug-likeness (QED) is 0.752. The van der Waals surface area contributed by atoms with Crippen molar-refractivity contribution in [2.24, 2.45) is 11.8 Å². The molecule has 2 atom stereocenters. The molecule has 0 aromatic heterocycles. The largest absolute Gasteiger partial charge is 0.385 e. The molecular formula is C19H30O2. The van der Waals surface area contributed by atoms with Crippen LogP contribution in [-0.2, 0) is 6.42 Å². The molecule has 0 saturated heterocycles. The van der Waals surface area contributed by atoms with Gasteiger partial charge in [0.05, 0.1) is 0 Å². The summed E-state index contributed by atoms with van der Waals surface area (Å²) < 4.78 is 0. The average Bonchev–Trinajstić information content (AvgIpc) is 2.41. The first kappa shape index (κ1) is 17.9. The molecule has 0 amide bonds. The third kappa shape index (κ3) is 4.67. The summed E-state index contributed by atoms with van der Waals surface area (Å²) in [5.41, 5.74) is 3.95. The van der Waals surface area contributed by atoms with Crippen LogP contribution in [-0.4, -0.2) is 17.0 Å². The number of rotatable bonds is 7. The van der Waals surface area contributed by atoms with E-state index in [1.165, 1.54) is 5.56 Å². The lowest BCUT2D eigenvalue weighted by Crippen LogP contribution is -2.25. The van der Waals surface area contributed by atoms with E-state index < -0.39 is 6.10 Å². The van der Waals surface area contributed by atoms with E-state index in [0.717, 1.165) is 29.5 Å². The summed E-state index contributed by atoms with van der Waals surface area (Å²) in [6.07, 6.45) is 1.61. The number of ketones is 1. The van der Waals surface area contributed by atoms with Gasteiger partial charge in [-0.15, -0.1) is 0 Å². The van der Waals surface area contributed by atoms with Gasteiger partial charge in [-0.25, -0.2) is 0 Å². The molecule has 0 aliphatic heterocycles. The molecule has 0 aliphatic carbocycles. The molecule has 2 heteroatoms. The van der Waals surface area contributed by atoms with Crippen LogP contribution >= 0.6 is 0 Å². The molecule has 0 bridgehead atoms. The molecule has 21 heavy (non-hydrogen) atoms. The van der Waals surface area contributed by atoms with Gasteiger partial charge >= 0.3 is 0 Å². The fourth-order valence-electron chi connectivity index (χ4n) is 2.75. The van der Waals surface area contributed by atoms with Gasteiger partial charge in [-0.1, -0.05) is 46.2 Å². The Kier molecular flexibility index (Phi) is 6.60.